The number of rotatable bonds is 6. The summed E-state index contributed by atoms with van der Waals surface area (Å²) in [6.07, 6.45) is 3.88. The summed E-state index contributed by atoms with van der Waals surface area (Å²) in [5.41, 5.74) is 2.38. The summed E-state index contributed by atoms with van der Waals surface area (Å²) in [5.74, 6) is 0.897. The molecule has 0 atom stereocenters. The van der Waals surface area contributed by atoms with Crippen molar-refractivity contribution in [2.24, 2.45) is 0 Å². The fourth-order valence-electron chi connectivity index (χ4n) is 4.42. The van der Waals surface area contributed by atoms with Crippen LogP contribution in [0.2, 0.25) is 0 Å². The largest absolute Gasteiger partial charge is 0.494 e. The van der Waals surface area contributed by atoms with Gasteiger partial charge in [0, 0.05) is 22.9 Å². The number of aryl methyl sites for hydroxylation is 2. The number of hydrogen-bond acceptors (Lipinski definition) is 5. The van der Waals surface area contributed by atoms with Gasteiger partial charge in [0.15, 0.2) is 0 Å². The number of carbonyl (C=O) groups excluding carboxylic acids is 1. The van der Waals surface area contributed by atoms with Crippen LogP contribution in [0.3, 0.4) is 0 Å². The van der Waals surface area contributed by atoms with Gasteiger partial charge in [-0.05, 0) is 80.8 Å². The van der Waals surface area contributed by atoms with Crippen LogP contribution >= 0.6 is 0 Å². The van der Waals surface area contributed by atoms with Gasteiger partial charge in [-0.2, -0.15) is 4.31 Å². The molecule has 0 spiro atoms. The van der Waals surface area contributed by atoms with Gasteiger partial charge in [0.05, 0.1) is 17.2 Å². The Bertz CT molecular complexity index is 1440. The van der Waals surface area contributed by atoms with E-state index < -0.39 is 15.9 Å². The van der Waals surface area contributed by atoms with Crippen LogP contribution in [0.15, 0.2) is 82.1 Å². The van der Waals surface area contributed by atoms with Crippen molar-refractivity contribution < 1.29 is 22.4 Å². The zero-order valence-corrected chi connectivity index (χ0v) is 19.7. The van der Waals surface area contributed by atoms with Gasteiger partial charge in [-0.25, -0.2) is 8.42 Å². The van der Waals surface area contributed by atoms with Crippen LogP contribution in [0, 0.1) is 0 Å². The molecule has 5 rings (SSSR count). The van der Waals surface area contributed by atoms with Gasteiger partial charge in [-0.1, -0.05) is 18.2 Å². The number of carbonyl (C=O) groups is 1. The average molecular weight is 476 g/mol. The van der Waals surface area contributed by atoms with Crippen molar-refractivity contribution >= 4 is 32.6 Å². The lowest BCUT2D eigenvalue weighted by Crippen LogP contribution is -2.37. The van der Waals surface area contributed by atoms with Crippen LogP contribution in [-0.4, -0.2) is 20.9 Å². The Kier molecular flexibility index (Phi) is 5.87. The summed E-state index contributed by atoms with van der Waals surface area (Å²) in [4.78, 5) is 13.6. The first-order valence-electron chi connectivity index (χ1n) is 11.4. The molecule has 0 fully saturated rings. The van der Waals surface area contributed by atoms with E-state index in [1.807, 2.05) is 6.92 Å². The van der Waals surface area contributed by atoms with Crippen molar-refractivity contribution in [3.8, 4) is 5.75 Å². The van der Waals surface area contributed by atoms with E-state index in [4.69, 9.17) is 9.15 Å². The molecule has 174 valence electrons. The Balaban J connectivity index is 1.65. The van der Waals surface area contributed by atoms with Crippen LogP contribution in [-0.2, 0) is 22.9 Å². The van der Waals surface area contributed by atoms with Crippen molar-refractivity contribution in [2.45, 2.75) is 37.5 Å². The molecular formula is C27H25NO5S. The molecule has 0 saturated carbocycles. The lowest BCUT2D eigenvalue weighted by molar-refractivity contribution is 0.101. The fraction of sp³-hybridized carbons (Fsp3) is 0.222. The lowest BCUT2D eigenvalue weighted by atomic mass is 9.96. The zero-order chi connectivity index (χ0) is 23.7. The summed E-state index contributed by atoms with van der Waals surface area (Å²) < 4.78 is 40.0. The summed E-state index contributed by atoms with van der Waals surface area (Å²) in [6, 6.07) is 19.7. The highest BCUT2D eigenvalue weighted by Crippen LogP contribution is 2.36. The van der Waals surface area contributed by atoms with E-state index in [9.17, 15) is 13.2 Å². The van der Waals surface area contributed by atoms with E-state index >= 15 is 0 Å². The molecule has 1 heterocycles. The molecule has 34 heavy (non-hydrogen) atoms. The van der Waals surface area contributed by atoms with Crippen LogP contribution in [0.5, 0.6) is 5.75 Å². The van der Waals surface area contributed by atoms with Gasteiger partial charge in [-0.3, -0.25) is 4.79 Å². The van der Waals surface area contributed by atoms with E-state index in [-0.39, 0.29) is 16.1 Å². The predicted octanol–water partition coefficient (Wildman–Crippen LogP) is 5.75. The molecule has 0 radical (unpaired) electrons. The molecule has 3 aromatic carbocycles. The van der Waals surface area contributed by atoms with Gasteiger partial charge in [0.2, 0.25) is 0 Å². The van der Waals surface area contributed by atoms with E-state index in [0.717, 1.165) is 46.7 Å². The monoisotopic (exact) mass is 475 g/mol. The maximum atomic E-state index is 13.8. The summed E-state index contributed by atoms with van der Waals surface area (Å²) in [6.45, 7) is 2.33. The van der Waals surface area contributed by atoms with Gasteiger partial charge in [0.25, 0.3) is 15.9 Å². The number of nitrogens with zero attached hydrogens (tertiary/aromatic N) is 1. The maximum absolute atomic E-state index is 13.8. The highest BCUT2D eigenvalue weighted by Gasteiger charge is 2.32. The molecule has 6 nitrogen and oxygen atoms in total. The molecule has 0 aliphatic heterocycles. The van der Waals surface area contributed by atoms with Crippen molar-refractivity contribution in [2.75, 3.05) is 10.9 Å². The van der Waals surface area contributed by atoms with Crippen molar-refractivity contribution in [1.82, 2.24) is 0 Å². The van der Waals surface area contributed by atoms with Gasteiger partial charge in [0.1, 0.15) is 17.1 Å². The second-order valence-corrected chi connectivity index (χ2v) is 10.0. The van der Waals surface area contributed by atoms with E-state index in [1.54, 1.807) is 60.7 Å². The second-order valence-electron chi connectivity index (χ2n) is 8.24. The minimum Gasteiger partial charge on any atom is -0.494 e. The van der Waals surface area contributed by atoms with Gasteiger partial charge >= 0.3 is 0 Å². The maximum Gasteiger partial charge on any atom is 0.272 e. The Labute approximate surface area is 198 Å². The molecule has 0 bridgehead atoms. The zero-order valence-electron chi connectivity index (χ0n) is 18.9. The average Bonchev–Trinajstić information content (AvgIpc) is 3.23. The first-order chi connectivity index (χ1) is 16.5. The number of sulfonamides is 1. The van der Waals surface area contributed by atoms with Crippen LogP contribution in [0.1, 0.15) is 41.4 Å². The number of amides is 1. The Morgan fingerprint density at radius 3 is 2.44 bits per heavy atom. The minimum atomic E-state index is -4.21. The first-order valence-corrected chi connectivity index (χ1v) is 12.8. The van der Waals surface area contributed by atoms with E-state index in [0.29, 0.717) is 17.9 Å². The standard InChI is InChI=1S/C27H25NO5S/c1-2-32-21-13-15-22(16-14-21)34(30,31)28(27(29)19-8-4-3-5-9-19)20-12-17-26-24(18-20)23-10-6-7-11-25(23)33-26/h3-5,8-9,12-18H,2,6-7,10-11H2,1H3. The number of anilines is 1. The Morgan fingerprint density at radius 1 is 0.971 bits per heavy atom. The normalized spacial score (nSPS) is 13.4. The molecule has 1 aromatic heterocycles. The summed E-state index contributed by atoms with van der Waals surface area (Å²) >= 11 is 0. The lowest BCUT2D eigenvalue weighted by Gasteiger charge is -2.23. The number of hydrogen-bond donors (Lipinski definition) is 0. The van der Waals surface area contributed by atoms with Crippen molar-refractivity contribution in [3.05, 3.63) is 89.7 Å². The molecular weight excluding hydrogens is 450 g/mol. The summed E-state index contributed by atoms with van der Waals surface area (Å²) in [7, 11) is -4.21. The molecule has 7 heteroatoms. The second kappa shape index (κ2) is 8.99. The van der Waals surface area contributed by atoms with E-state index in [1.165, 1.54) is 12.1 Å². The third-order valence-electron chi connectivity index (χ3n) is 6.05. The number of fused-ring (bicyclic) bond motifs is 3. The topological polar surface area (TPSA) is 76.8 Å². The molecule has 0 saturated heterocycles. The van der Waals surface area contributed by atoms with Crippen LogP contribution in [0.25, 0.3) is 11.0 Å². The van der Waals surface area contributed by atoms with Gasteiger partial charge < -0.3 is 9.15 Å². The third kappa shape index (κ3) is 3.96. The SMILES string of the molecule is CCOc1ccc(S(=O)(=O)N(C(=O)c2ccccc2)c2ccc3oc4c(c3c2)CCCC4)cc1. The Morgan fingerprint density at radius 2 is 1.71 bits per heavy atom. The van der Waals surface area contributed by atoms with Crippen LogP contribution in [0.4, 0.5) is 5.69 Å². The molecule has 1 amide bonds. The van der Waals surface area contributed by atoms with Crippen LogP contribution < -0.4 is 9.04 Å². The van der Waals surface area contributed by atoms with Crippen molar-refractivity contribution in [3.63, 3.8) is 0 Å². The smallest absolute Gasteiger partial charge is 0.272 e. The highest BCUT2D eigenvalue weighted by molar-refractivity contribution is 7.93. The molecule has 0 N–H and O–H groups in total. The van der Waals surface area contributed by atoms with Gasteiger partial charge in [-0.15, -0.1) is 0 Å². The minimum absolute atomic E-state index is 0.00885. The number of ether oxygens (including phenoxy) is 1. The van der Waals surface area contributed by atoms with E-state index in [2.05, 4.69) is 0 Å². The van der Waals surface area contributed by atoms with Crippen molar-refractivity contribution in [1.29, 1.82) is 0 Å². The first kappa shape index (κ1) is 22.2. The number of furan rings is 1. The molecule has 1 aliphatic carbocycles. The quantitative estimate of drug-likeness (QED) is 0.355. The third-order valence-corrected chi connectivity index (χ3v) is 7.78. The number of benzene rings is 3. The fourth-order valence-corrected chi connectivity index (χ4v) is 5.83. The predicted molar refractivity (Wildman–Crippen MR) is 131 cm³/mol. The molecule has 1 aliphatic rings. The summed E-state index contributed by atoms with van der Waals surface area (Å²) in [5, 5.41) is 0.861. The molecule has 4 aromatic rings. The molecule has 0 unspecified atom stereocenters. The highest BCUT2D eigenvalue weighted by atomic mass is 32.2. The Hall–Kier alpha value is -3.58.